The van der Waals surface area contributed by atoms with Crippen molar-refractivity contribution in [1.82, 2.24) is 16.0 Å². The van der Waals surface area contributed by atoms with E-state index in [0.29, 0.717) is 5.75 Å². The van der Waals surface area contributed by atoms with Crippen LogP contribution in [0.15, 0.2) is 84.9 Å². The first-order chi connectivity index (χ1) is 20.7. The summed E-state index contributed by atoms with van der Waals surface area (Å²) in [5.74, 6) is -0.724. The highest BCUT2D eigenvalue weighted by molar-refractivity contribution is 5.98. The Bertz CT molecular complexity index is 1390. The topological polar surface area (TPSA) is 135 Å². The zero-order chi connectivity index (χ0) is 30.8. The molecule has 4 rings (SSSR count). The van der Waals surface area contributed by atoms with E-state index in [4.69, 9.17) is 14.2 Å². The highest BCUT2D eigenvalue weighted by Gasteiger charge is 2.50. The lowest BCUT2D eigenvalue weighted by Crippen LogP contribution is -2.57. The van der Waals surface area contributed by atoms with E-state index in [2.05, 4.69) is 16.0 Å². The number of rotatable bonds is 14. The molecule has 0 spiro atoms. The van der Waals surface area contributed by atoms with Crippen molar-refractivity contribution in [2.45, 2.75) is 57.0 Å². The van der Waals surface area contributed by atoms with Gasteiger partial charge in [0, 0.05) is 6.42 Å². The summed E-state index contributed by atoms with van der Waals surface area (Å²) in [5.41, 5.74) is 1.47. The number of alkyl carbamates (subject to hydrolysis) is 1. The summed E-state index contributed by atoms with van der Waals surface area (Å²) in [4.78, 5) is 52.6. The SMILES string of the molecule is COc1ccc(C[C@H](NC(=O)C(C)NC(=O)OCc2ccccc2)C(=O)N[C@@H](Cc2ccccc2)C(=O)[C@@]2(C)CO2)cc1. The van der Waals surface area contributed by atoms with E-state index in [1.807, 2.05) is 60.7 Å². The smallest absolute Gasteiger partial charge is 0.408 e. The summed E-state index contributed by atoms with van der Waals surface area (Å²) in [6, 6.07) is 22.7. The fourth-order valence-electron chi connectivity index (χ4n) is 4.46. The number of hydrogen-bond donors (Lipinski definition) is 3. The second-order valence-electron chi connectivity index (χ2n) is 10.7. The normalized spacial score (nSPS) is 17.5. The molecule has 1 fully saturated rings. The maximum absolute atomic E-state index is 13.7. The van der Waals surface area contributed by atoms with Crippen molar-refractivity contribution in [2.75, 3.05) is 13.7 Å². The van der Waals surface area contributed by atoms with Gasteiger partial charge in [-0.15, -0.1) is 0 Å². The minimum atomic E-state index is -1.05. The molecule has 3 aromatic carbocycles. The third-order valence-corrected chi connectivity index (χ3v) is 7.19. The number of nitrogens with one attached hydrogen (secondary N) is 3. The molecule has 10 heteroatoms. The van der Waals surface area contributed by atoms with Gasteiger partial charge in [-0.05, 0) is 49.1 Å². The average Bonchev–Trinajstić information content (AvgIpc) is 3.78. The van der Waals surface area contributed by atoms with E-state index in [9.17, 15) is 19.2 Å². The second-order valence-corrected chi connectivity index (χ2v) is 10.7. The summed E-state index contributed by atoms with van der Waals surface area (Å²) >= 11 is 0. The summed E-state index contributed by atoms with van der Waals surface area (Å²) in [6.07, 6.45) is -0.375. The lowest BCUT2D eigenvalue weighted by Gasteiger charge is -2.25. The molecule has 0 saturated carbocycles. The van der Waals surface area contributed by atoms with Gasteiger partial charge in [0.05, 0.1) is 19.8 Å². The Morgan fingerprint density at radius 2 is 1.30 bits per heavy atom. The molecule has 0 bridgehead atoms. The maximum atomic E-state index is 13.7. The molecule has 1 heterocycles. The van der Waals surface area contributed by atoms with Crippen LogP contribution in [0.2, 0.25) is 0 Å². The Morgan fingerprint density at radius 1 is 0.767 bits per heavy atom. The van der Waals surface area contributed by atoms with Gasteiger partial charge < -0.3 is 30.2 Å². The van der Waals surface area contributed by atoms with Crippen molar-refractivity contribution >= 4 is 23.7 Å². The molecule has 0 aliphatic carbocycles. The number of epoxide rings is 1. The molecular weight excluding hydrogens is 550 g/mol. The summed E-state index contributed by atoms with van der Waals surface area (Å²) in [7, 11) is 1.55. The summed E-state index contributed by atoms with van der Waals surface area (Å²) in [6.45, 7) is 3.51. The molecule has 226 valence electrons. The third kappa shape index (κ3) is 9.14. The van der Waals surface area contributed by atoms with E-state index in [-0.39, 0.29) is 31.8 Å². The molecule has 0 radical (unpaired) electrons. The largest absolute Gasteiger partial charge is 0.497 e. The zero-order valence-corrected chi connectivity index (χ0v) is 24.5. The van der Waals surface area contributed by atoms with E-state index in [1.165, 1.54) is 6.92 Å². The molecule has 4 atom stereocenters. The summed E-state index contributed by atoms with van der Waals surface area (Å²) in [5, 5.41) is 8.10. The van der Waals surface area contributed by atoms with Crippen molar-refractivity contribution in [1.29, 1.82) is 0 Å². The molecule has 3 aromatic rings. The number of ketones is 1. The number of hydrogen-bond acceptors (Lipinski definition) is 7. The van der Waals surface area contributed by atoms with Gasteiger partial charge in [-0.2, -0.15) is 0 Å². The van der Waals surface area contributed by atoms with Crippen LogP contribution in [0.1, 0.15) is 30.5 Å². The Labute approximate surface area is 251 Å². The van der Waals surface area contributed by atoms with Crippen LogP contribution in [0.3, 0.4) is 0 Å². The Balaban J connectivity index is 1.45. The number of amides is 3. The van der Waals surface area contributed by atoms with Gasteiger partial charge in [-0.25, -0.2) is 4.79 Å². The van der Waals surface area contributed by atoms with Crippen molar-refractivity contribution in [3.63, 3.8) is 0 Å². The first kappa shape index (κ1) is 31.2. The average molecular weight is 588 g/mol. The lowest BCUT2D eigenvalue weighted by molar-refractivity contribution is -0.133. The number of Topliss-reactive ketones (excluding diaryl/α,β-unsaturated/α-hetero) is 1. The van der Waals surface area contributed by atoms with Crippen molar-refractivity contribution in [3.05, 3.63) is 102 Å². The lowest BCUT2D eigenvalue weighted by atomic mass is 9.94. The molecule has 43 heavy (non-hydrogen) atoms. The Kier molecular flexibility index (Phi) is 10.5. The van der Waals surface area contributed by atoms with Gasteiger partial charge in [0.25, 0.3) is 0 Å². The van der Waals surface area contributed by atoms with Crippen molar-refractivity contribution < 1.29 is 33.4 Å². The Hall–Kier alpha value is -4.70. The molecule has 10 nitrogen and oxygen atoms in total. The molecular formula is C33H37N3O7. The number of benzene rings is 3. The minimum absolute atomic E-state index is 0.0446. The number of ether oxygens (including phenoxy) is 3. The molecule has 1 saturated heterocycles. The van der Waals surface area contributed by atoms with Gasteiger partial charge in [-0.3, -0.25) is 14.4 Å². The first-order valence-corrected chi connectivity index (χ1v) is 14.1. The maximum Gasteiger partial charge on any atom is 0.408 e. The molecule has 0 aromatic heterocycles. The van der Waals surface area contributed by atoms with Crippen LogP contribution in [-0.4, -0.2) is 61.1 Å². The predicted octanol–water partition coefficient (Wildman–Crippen LogP) is 3.12. The fraction of sp³-hybridized carbons (Fsp3) is 0.333. The van der Waals surface area contributed by atoms with Crippen LogP contribution < -0.4 is 20.7 Å². The van der Waals surface area contributed by atoms with Gasteiger partial charge in [0.1, 0.15) is 30.0 Å². The third-order valence-electron chi connectivity index (χ3n) is 7.19. The van der Waals surface area contributed by atoms with Crippen LogP contribution in [0.4, 0.5) is 4.79 Å². The van der Waals surface area contributed by atoms with E-state index in [1.54, 1.807) is 38.3 Å². The first-order valence-electron chi connectivity index (χ1n) is 14.1. The van der Waals surface area contributed by atoms with Crippen LogP contribution in [0.25, 0.3) is 0 Å². The zero-order valence-electron chi connectivity index (χ0n) is 24.5. The molecule has 3 amide bonds. The summed E-state index contributed by atoms with van der Waals surface area (Å²) < 4.78 is 15.8. The number of carbonyl (C=O) groups is 4. The van der Waals surface area contributed by atoms with E-state index in [0.717, 1.165) is 16.7 Å². The standard InChI is InChI=1S/C33H37N3O7/c1-22(34-32(40)42-20-25-12-8-5-9-13-25)30(38)36-28(19-24-14-16-26(41-3)17-15-24)31(39)35-27(29(37)33(2)21-43-33)18-23-10-6-4-7-11-23/h4-17,22,27-28H,18-21H2,1-3H3,(H,34,40)(H,35,39)(H,36,38)/t22?,27-,28-,33+/m0/s1. The van der Waals surface area contributed by atoms with Crippen molar-refractivity contribution in [3.8, 4) is 5.75 Å². The van der Waals surface area contributed by atoms with Crippen molar-refractivity contribution in [2.24, 2.45) is 0 Å². The monoisotopic (exact) mass is 587 g/mol. The highest BCUT2D eigenvalue weighted by atomic mass is 16.6. The van der Waals surface area contributed by atoms with Crippen LogP contribution in [0.5, 0.6) is 5.75 Å². The molecule has 1 aliphatic rings. The number of methoxy groups -OCH3 is 1. The minimum Gasteiger partial charge on any atom is -0.497 e. The van der Waals surface area contributed by atoms with Crippen LogP contribution in [-0.2, 0) is 43.3 Å². The molecule has 1 aliphatic heterocycles. The second kappa shape index (κ2) is 14.5. The Morgan fingerprint density at radius 3 is 1.88 bits per heavy atom. The van der Waals surface area contributed by atoms with Gasteiger partial charge in [0.15, 0.2) is 5.78 Å². The predicted molar refractivity (Wildman–Crippen MR) is 159 cm³/mol. The molecule has 3 N–H and O–H groups in total. The van der Waals surface area contributed by atoms with Gasteiger partial charge >= 0.3 is 6.09 Å². The van der Waals surface area contributed by atoms with Crippen LogP contribution in [0, 0.1) is 0 Å². The van der Waals surface area contributed by atoms with E-state index < -0.39 is 41.6 Å². The van der Waals surface area contributed by atoms with Gasteiger partial charge in [-0.1, -0.05) is 72.8 Å². The quantitative estimate of drug-likeness (QED) is 0.247. The highest BCUT2D eigenvalue weighted by Crippen LogP contribution is 2.29. The number of carbonyl (C=O) groups excluding carboxylic acids is 4. The van der Waals surface area contributed by atoms with E-state index >= 15 is 0 Å². The van der Waals surface area contributed by atoms with Gasteiger partial charge in [0.2, 0.25) is 11.8 Å². The van der Waals surface area contributed by atoms with Crippen LogP contribution >= 0.6 is 0 Å². The fourth-order valence-corrected chi connectivity index (χ4v) is 4.46. The molecule has 1 unspecified atom stereocenters.